The van der Waals surface area contributed by atoms with Gasteiger partial charge in [0.2, 0.25) is 0 Å². The average Bonchev–Trinajstić information content (AvgIpc) is 2.95. The van der Waals surface area contributed by atoms with Gasteiger partial charge in [0.1, 0.15) is 0 Å². The molecule has 0 unspecified atom stereocenters. The Balaban J connectivity index is 2.03. The topological polar surface area (TPSA) is 50.7 Å². The van der Waals surface area contributed by atoms with Crippen LogP contribution in [0.15, 0.2) is 11.7 Å². The zero-order valence-electron chi connectivity index (χ0n) is 12.4. The number of aryl methyl sites for hydroxylation is 2. The third-order valence-corrected chi connectivity index (χ3v) is 4.05. The summed E-state index contributed by atoms with van der Waals surface area (Å²) in [6.45, 7) is 8.50. The number of nitrogens with one attached hydrogen (secondary N) is 1. The second-order valence-electron chi connectivity index (χ2n) is 4.92. The van der Waals surface area contributed by atoms with E-state index in [2.05, 4.69) is 41.0 Å². The van der Waals surface area contributed by atoms with Crippen molar-refractivity contribution in [2.75, 3.05) is 13.1 Å². The summed E-state index contributed by atoms with van der Waals surface area (Å²) in [4.78, 5) is 14.4. The monoisotopic (exact) mass is 290 g/mol. The van der Waals surface area contributed by atoms with Gasteiger partial charge in [0.25, 0.3) is 0 Å². The lowest BCUT2D eigenvalue weighted by molar-refractivity contribution is 0.636. The molecule has 108 valence electrons. The van der Waals surface area contributed by atoms with Crippen LogP contribution >= 0.6 is 11.3 Å². The summed E-state index contributed by atoms with van der Waals surface area (Å²) >= 11 is 1.58. The van der Waals surface area contributed by atoms with Gasteiger partial charge in [-0.25, -0.2) is 9.97 Å². The summed E-state index contributed by atoms with van der Waals surface area (Å²) in [7, 11) is 0. The number of hydrogen-bond donors (Lipinski definition) is 1. The molecule has 4 nitrogen and oxygen atoms in total. The summed E-state index contributed by atoms with van der Waals surface area (Å²) in [6, 6.07) is 0. The Kier molecular flexibility index (Phi) is 5.61. The van der Waals surface area contributed by atoms with E-state index >= 15 is 0 Å². The highest BCUT2D eigenvalue weighted by atomic mass is 32.1. The van der Waals surface area contributed by atoms with Crippen LogP contribution in [-0.4, -0.2) is 28.0 Å². The van der Waals surface area contributed by atoms with E-state index in [-0.39, 0.29) is 0 Å². The predicted molar refractivity (Wildman–Crippen MR) is 84.1 cm³/mol. The molecule has 20 heavy (non-hydrogen) atoms. The second-order valence-corrected chi connectivity index (χ2v) is 5.80. The van der Waals surface area contributed by atoms with Gasteiger partial charge in [-0.15, -0.1) is 11.3 Å². The van der Waals surface area contributed by atoms with Gasteiger partial charge in [0.15, 0.2) is 5.82 Å². The fourth-order valence-electron chi connectivity index (χ4n) is 2.23. The van der Waals surface area contributed by atoms with Crippen molar-refractivity contribution in [1.29, 1.82) is 0 Å². The molecule has 0 aliphatic carbocycles. The maximum Gasteiger partial charge on any atom is 0.171 e. The predicted octanol–water partition coefficient (Wildman–Crippen LogP) is 3.15. The van der Waals surface area contributed by atoms with Crippen LogP contribution in [-0.2, 0) is 6.42 Å². The second kappa shape index (κ2) is 7.45. The van der Waals surface area contributed by atoms with Crippen LogP contribution < -0.4 is 5.32 Å². The zero-order valence-corrected chi connectivity index (χ0v) is 13.3. The Hall–Kier alpha value is -1.33. The van der Waals surface area contributed by atoms with Gasteiger partial charge < -0.3 is 5.32 Å². The molecule has 0 spiro atoms. The van der Waals surface area contributed by atoms with Crippen LogP contribution in [0.1, 0.15) is 36.7 Å². The fraction of sp³-hybridized carbons (Fsp3) is 0.533. The molecule has 0 aliphatic rings. The summed E-state index contributed by atoms with van der Waals surface area (Å²) in [5, 5.41) is 3.43. The molecular formula is C15H22N4S. The SMILES string of the molecule is CCCNCCCc1c(C)nc(-c2cncs2)nc1C. The number of hydrogen-bond acceptors (Lipinski definition) is 5. The molecular weight excluding hydrogens is 268 g/mol. The molecule has 2 aromatic rings. The van der Waals surface area contributed by atoms with Crippen LogP contribution in [0.4, 0.5) is 0 Å². The van der Waals surface area contributed by atoms with Crippen molar-refractivity contribution >= 4 is 11.3 Å². The molecule has 0 fully saturated rings. The summed E-state index contributed by atoms with van der Waals surface area (Å²) in [5.41, 5.74) is 5.29. The lowest BCUT2D eigenvalue weighted by atomic mass is 10.1. The highest BCUT2D eigenvalue weighted by Gasteiger charge is 2.10. The minimum absolute atomic E-state index is 0.801. The zero-order chi connectivity index (χ0) is 14.4. The lowest BCUT2D eigenvalue weighted by Gasteiger charge is -2.10. The Morgan fingerprint density at radius 3 is 2.50 bits per heavy atom. The van der Waals surface area contributed by atoms with Crippen molar-refractivity contribution in [3.63, 3.8) is 0 Å². The van der Waals surface area contributed by atoms with Crippen LogP contribution in [0.2, 0.25) is 0 Å². The average molecular weight is 290 g/mol. The summed E-state index contributed by atoms with van der Waals surface area (Å²) in [6.07, 6.45) is 5.18. The summed E-state index contributed by atoms with van der Waals surface area (Å²) in [5.74, 6) is 0.801. The van der Waals surface area contributed by atoms with Crippen molar-refractivity contribution in [2.24, 2.45) is 0 Å². The van der Waals surface area contributed by atoms with E-state index in [1.54, 1.807) is 11.3 Å². The lowest BCUT2D eigenvalue weighted by Crippen LogP contribution is -2.17. The van der Waals surface area contributed by atoms with E-state index in [4.69, 9.17) is 0 Å². The highest BCUT2D eigenvalue weighted by Crippen LogP contribution is 2.22. The number of rotatable bonds is 7. The smallest absolute Gasteiger partial charge is 0.171 e. The largest absolute Gasteiger partial charge is 0.317 e. The Morgan fingerprint density at radius 2 is 1.90 bits per heavy atom. The Labute approximate surface area is 124 Å². The number of thiazole rings is 1. The van der Waals surface area contributed by atoms with Gasteiger partial charge in [-0.05, 0) is 51.8 Å². The Bertz CT molecular complexity index is 514. The van der Waals surface area contributed by atoms with E-state index in [0.717, 1.165) is 48.0 Å². The van der Waals surface area contributed by atoms with Crippen molar-refractivity contribution in [3.05, 3.63) is 28.7 Å². The first-order chi connectivity index (χ1) is 9.72. The molecule has 0 radical (unpaired) electrons. The Morgan fingerprint density at radius 1 is 1.15 bits per heavy atom. The van der Waals surface area contributed by atoms with Gasteiger partial charge in [0, 0.05) is 17.6 Å². The van der Waals surface area contributed by atoms with Crippen molar-refractivity contribution in [1.82, 2.24) is 20.3 Å². The van der Waals surface area contributed by atoms with Crippen molar-refractivity contribution in [2.45, 2.75) is 40.0 Å². The molecule has 0 amide bonds. The molecule has 0 saturated heterocycles. The minimum atomic E-state index is 0.801. The van der Waals surface area contributed by atoms with Crippen LogP contribution in [0.5, 0.6) is 0 Å². The number of nitrogens with zero attached hydrogens (tertiary/aromatic N) is 3. The molecule has 2 heterocycles. The molecule has 0 atom stereocenters. The minimum Gasteiger partial charge on any atom is -0.317 e. The van der Waals surface area contributed by atoms with Gasteiger partial charge in [0.05, 0.1) is 10.4 Å². The van der Waals surface area contributed by atoms with Crippen LogP contribution in [0, 0.1) is 13.8 Å². The van der Waals surface area contributed by atoms with E-state index in [9.17, 15) is 0 Å². The quantitative estimate of drug-likeness (QED) is 0.796. The molecule has 5 heteroatoms. The van der Waals surface area contributed by atoms with Crippen LogP contribution in [0.25, 0.3) is 10.7 Å². The molecule has 0 aromatic carbocycles. The molecule has 0 bridgehead atoms. The maximum atomic E-state index is 4.63. The molecule has 0 aliphatic heterocycles. The van der Waals surface area contributed by atoms with E-state index in [1.165, 1.54) is 12.0 Å². The normalized spacial score (nSPS) is 10.9. The van der Waals surface area contributed by atoms with Crippen molar-refractivity contribution in [3.8, 4) is 10.7 Å². The van der Waals surface area contributed by atoms with Gasteiger partial charge in [-0.3, -0.25) is 4.98 Å². The van der Waals surface area contributed by atoms with Crippen molar-refractivity contribution < 1.29 is 0 Å². The van der Waals surface area contributed by atoms with E-state index < -0.39 is 0 Å². The van der Waals surface area contributed by atoms with E-state index in [0.29, 0.717) is 0 Å². The highest BCUT2D eigenvalue weighted by molar-refractivity contribution is 7.13. The molecule has 2 aromatic heterocycles. The van der Waals surface area contributed by atoms with E-state index in [1.807, 2.05) is 11.7 Å². The van der Waals surface area contributed by atoms with Gasteiger partial charge in [-0.2, -0.15) is 0 Å². The molecule has 0 saturated carbocycles. The number of aromatic nitrogens is 3. The molecule has 2 rings (SSSR count). The third-order valence-electron chi connectivity index (χ3n) is 3.28. The fourth-order valence-corrected chi connectivity index (χ4v) is 2.78. The van der Waals surface area contributed by atoms with Crippen LogP contribution in [0.3, 0.4) is 0 Å². The van der Waals surface area contributed by atoms with Gasteiger partial charge in [-0.1, -0.05) is 6.92 Å². The third kappa shape index (κ3) is 3.84. The first-order valence-corrected chi connectivity index (χ1v) is 8.04. The van der Waals surface area contributed by atoms with Gasteiger partial charge >= 0.3 is 0 Å². The standard InChI is InChI=1S/C15H22N4S/c1-4-7-16-8-5-6-13-11(2)18-15(19-12(13)3)14-9-17-10-20-14/h9-10,16H,4-8H2,1-3H3. The molecule has 1 N–H and O–H groups in total. The summed E-state index contributed by atoms with van der Waals surface area (Å²) < 4.78 is 0. The maximum absolute atomic E-state index is 4.63. The first-order valence-electron chi connectivity index (χ1n) is 7.16. The first kappa shape index (κ1) is 15.1.